The van der Waals surface area contributed by atoms with E-state index in [0.717, 1.165) is 37.7 Å². The molecule has 20 heavy (non-hydrogen) atoms. The molecule has 0 fully saturated rings. The monoisotopic (exact) mass is 279 g/mol. The largest absolute Gasteiger partial charge is 0.356 e. The third-order valence-corrected chi connectivity index (χ3v) is 3.35. The number of nitrogens with one attached hydrogen (secondary N) is 1. The summed E-state index contributed by atoms with van der Waals surface area (Å²) in [5.41, 5.74) is 2.32. The molecule has 0 amide bonds. The molecule has 5 heteroatoms. The number of aliphatic imine (C=N–C) groups is 1. The van der Waals surface area contributed by atoms with Gasteiger partial charge in [-0.1, -0.05) is 13.3 Å². The molecule has 0 radical (unpaired) electrons. The van der Waals surface area contributed by atoms with Gasteiger partial charge >= 0.3 is 0 Å². The van der Waals surface area contributed by atoms with Crippen LogP contribution in [-0.4, -0.2) is 47.8 Å². The summed E-state index contributed by atoms with van der Waals surface area (Å²) in [5, 5.41) is 7.88. The van der Waals surface area contributed by atoms with E-state index in [2.05, 4.69) is 52.0 Å². The van der Waals surface area contributed by atoms with Crippen LogP contribution in [0.15, 0.2) is 11.1 Å². The fourth-order valence-electron chi connectivity index (χ4n) is 2.22. The molecule has 0 aliphatic carbocycles. The van der Waals surface area contributed by atoms with E-state index < -0.39 is 0 Å². The first-order chi connectivity index (χ1) is 9.58. The maximum absolute atomic E-state index is 4.47. The average Bonchev–Trinajstić information content (AvgIpc) is 2.74. The van der Waals surface area contributed by atoms with Crippen molar-refractivity contribution < 1.29 is 0 Å². The van der Waals surface area contributed by atoms with Gasteiger partial charge in [-0.3, -0.25) is 9.67 Å². The van der Waals surface area contributed by atoms with Crippen LogP contribution in [0.4, 0.5) is 0 Å². The number of guanidine groups is 1. The van der Waals surface area contributed by atoms with Crippen LogP contribution in [0.5, 0.6) is 0 Å². The summed E-state index contributed by atoms with van der Waals surface area (Å²) in [4.78, 5) is 6.50. The SMILES string of the molecule is CCCCN(C)C(=NC)NCCCn1nc(C)cc1C. The van der Waals surface area contributed by atoms with E-state index in [-0.39, 0.29) is 0 Å². The smallest absolute Gasteiger partial charge is 0.193 e. The quantitative estimate of drug-likeness (QED) is 0.473. The van der Waals surface area contributed by atoms with Gasteiger partial charge in [0.2, 0.25) is 0 Å². The van der Waals surface area contributed by atoms with Gasteiger partial charge in [-0.25, -0.2) is 0 Å². The van der Waals surface area contributed by atoms with Crippen molar-refractivity contribution in [3.63, 3.8) is 0 Å². The van der Waals surface area contributed by atoms with Gasteiger partial charge in [0.15, 0.2) is 5.96 Å². The van der Waals surface area contributed by atoms with Gasteiger partial charge in [-0.2, -0.15) is 5.10 Å². The lowest BCUT2D eigenvalue weighted by Gasteiger charge is -2.21. The molecule has 0 saturated heterocycles. The lowest BCUT2D eigenvalue weighted by atomic mass is 10.3. The molecular formula is C15H29N5. The highest BCUT2D eigenvalue weighted by Crippen LogP contribution is 2.02. The van der Waals surface area contributed by atoms with Gasteiger partial charge in [0.1, 0.15) is 0 Å². The first-order valence-electron chi connectivity index (χ1n) is 7.51. The summed E-state index contributed by atoms with van der Waals surface area (Å²) < 4.78 is 2.07. The summed E-state index contributed by atoms with van der Waals surface area (Å²) in [5.74, 6) is 0.979. The second-order valence-corrected chi connectivity index (χ2v) is 5.25. The Morgan fingerprint density at radius 3 is 2.70 bits per heavy atom. The van der Waals surface area contributed by atoms with Crippen molar-refractivity contribution in [2.75, 3.05) is 27.2 Å². The van der Waals surface area contributed by atoms with Crippen LogP contribution in [0.25, 0.3) is 0 Å². The van der Waals surface area contributed by atoms with Crippen molar-refractivity contribution in [3.05, 3.63) is 17.5 Å². The zero-order valence-electron chi connectivity index (χ0n) is 13.6. The van der Waals surface area contributed by atoms with E-state index >= 15 is 0 Å². The standard InChI is InChI=1S/C15H29N5/c1-6-7-10-19(5)15(16-4)17-9-8-11-20-14(3)12-13(2)18-20/h12H,6-11H2,1-5H3,(H,16,17). The van der Waals surface area contributed by atoms with Gasteiger partial charge in [-0.15, -0.1) is 0 Å². The molecule has 1 N–H and O–H groups in total. The first kappa shape index (κ1) is 16.5. The molecule has 0 unspecified atom stereocenters. The number of nitrogens with zero attached hydrogens (tertiary/aromatic N) is 4. The van der Waals surface area contributed by atoms with Crippen LogP contribution < -0.4 is 5.32 Å². The third-order valence-electron chi connectivity index (χ3n) is 3.35. The highest BCUT2D eigenvalue weighted by molar-refractivity contribution is 5.79. The minimum Gasteiger partial charge on any atom is -0.356 e. The van der Waals surface area contributed by atoms with Crippen molar-refractivity contribution in [2.24, 2.45) is 4.99 Å². The summed E-state index contributed by atoms with van der Waals surface area (Å²) in [7, 11) is 3.93. The number of aromatic nitrogens is 2. The molecule has 1 aromatic rings. The Morgan fingerprint density at radius 2 is 2.15 bits per heavy atom. The minimum absolute atomic E-state index is 0.918. The maximum Gasteiger partial charge on any atom is 0.193 e. The molecule has 0 spiro atoms. The fraction of sp³-hybridized carbons (Fsp3) is 0.733. The van der Waals surface area contributed by atoms with Gasteiger partial charge in [0.05, 0.1) is 5.69 Å². The number of aryl methyl sites for hydroxylation is 3. The molecular weight excluding hydrogens is 250 g/mol. The van der Waals surface area contributed by atoms with Gasteiger partial charge in [-0.05, 0) is 32.8 Å². The zero-order valence-corrected chi connectivity index (χ0v) is 13.6. The van der Waals surface area contributed by atoms with E-state index in [1.54, 1.807) is 0 Å². The highest BCUT2D eigenvalue weighted by Gasteiger charge is 2.05. The predicted molar refractivity (Wildman–Crippen MR) is 85.2 cm³/mol. The second-order valence-electron chi connectivity index (χ2n) is 5.25. The van der Waals surface area contributed by atoms with Crippen molar-refractivity contribution in [3.8, 4) is 0 Å². The van der Waals surface area contributed by atoms with Crippen LogP contribution in [0.2, 0.25) is 0 Å². The normalized spacial score (nSPS) is 11.8. The van der Waals surface area contributed by atoms with Crippen molar-refractivity contribution in [1.29, 1.82) is 0 Å². The maximum atomic E-state index is 4.47. The molecule has 5 nitrogen and oxygen atoms in total. The van der Waals surface area contributed by atoms with Gasteiger partial charge < -0.3 is 10.2 Å². The third kappa shape index (κ3) is 5.23. The Balaban J connectivity index is 2.30. The van der Waals surface area contributed by atoms with E-state index in [1.165, 1.54) is 18.5 Å². The predicted octanol–water partition coefficient (Wildman–Crippen LogP) is 2.20. The highest BCUT2D eigenvalue weighted by atomic mass is 15.3. The van der Waals surface area contributed by atoms with Crippen molar-refractivity contribution >= 4 is 5.96 Å². The Bertz CT molecular complexity index is 422. The second kappa shape index (κ2) is 8.61. The number of hydrogen-bond donors (Lipinski definition) is 1. The average molecular weight is 279 g/mol. The summed E-state index contributed by atoms with van der Waals surface area (Å²) in [6, 6.07) is 2.12. The Labute approximate surface area is 123 Å². The van der Waals surface area contributed by atoms with Crippen LogP contribution in [0, 0.1) is 13.8 Å². The van der Waals surface area contributed by atoms with Crippen LogP contribution in [-0.2, 0) is 6.54 Å². The van der Waals surface area contributed by atoms with Crippen LogP contribution >= 0.6 is 0 Å². The van der Waals surface area contributed by atoms with E-state index in [9.17, 15) is 0 Å². The fourth-order valence-corrected chi connectivity index (χ4v) is 2.22. The topological polar surface area (TPSA) is 45.5 Å². The molecule has 114 valence electrons. The van der Waals surface area contributed by atoms with Gasteiger partial charge in [0, 0.05) is 39.4 Å². The summed E-state index contributed by atoms with van der Waals surface area (Å²) in [6.45, 7) is 9.26. The molecule has 0 aliphatic rings. The molecule has 0 aromatic carbocycles. The molecule has 0 bridgehead atoms. The van der Waals surface area contributed by atoms with Gasteiger partial charge in [0.25, 0.3) is 0 Å². The molecule has 1 heterocycles. The molecule has 0 aliphatic heterocycles. The summed E-state index contributed by atoms with van der Waals surface area (Å²) in [6.07, 6.45) is 3.45. The van der Waals surface area contributed by atoms with Crippen molar-refractivity contribution in [2.45, 2.75) is 46.6 Å². The number of unbranched alkanes of at least 4 members (excludes halogenated alkanes) is 1. The van der Waals surface area contributed by atoms with Crippen LogP contribution in [0.3, 0.4) is 0 Å². The Morgan fingerprint density at radius 1 is 1.40 bits per heavy atom. The lowest BCUT2D eigenvalue weighted by molar-refractivity contribution is 0.460. The number of hydrogen-bond acceptors (Lipinski definition) is 2. The molecule has 1 rings (SSSR count). The first-order valence-corrected chi connectivity index (χ1v) is 7.51. The van der Waals surface area contributed by atoms with Crippen LogP contribution in [0.1, 0.15) is 37.6 Å². The Hall–Kier alpha value is -1.52. The molecule has 0 atom stereocenters. The van der Waals surface area contributed by atoms with E-state index in [1.807, 2.05) is 14.0 Å². The van der Waals surface area contributed by atoms with E-state index in [0.29, 0.717) is 0 Å². The van der Waals surface area contributed by atoms with Crippen molar-refractivity contribution in [1.82, 2.24) is 20.0 Å². The minimum atomic E-state index is 0.918. The Kier molecular flexibility index (Phi) is 7.12. The zero-order chi connectivity index (χ0) is 15.0. The lowest BCUT2D eigenvalue weighted by Crippen LogP contribution is -2.40. The molecule has 1 aromatic heterocycles. The van der Waals surface area contributed by atoms with E-state index in [4.69, 9.17) is 0 Å². The molecule has 0 saturated carbocycles. The number of rotatable bonds is 7. The summed E-state index contributed by atoms with van der Waals surface area (Å²) >= 11 is 0.